The average molecular weight is 617 g/mol. The number of aromatic amines is 1. The number of aryl methyl sites for hydroxylation is 2. The van der Waals surface area contributed by atoms with Crippen LogP contribution in [0.3, 0.4) is 0 Å². The van der Waals surface area contributed by atoms with Crippen molar-refractivity contribution in [2.75, 3.05) is 31.2 Å². The SMILES string of the molecule is C=Cc1cc2c(N3C[C@@H]4C[C@H]3CN4)nc(OC3CCOCC3)nc2c(OCc2ccc(C)cc2)c1-c1c(C)c(C)cc2[nH]ncc12. The van der Waals surface area contributed by atoms with Crippen molar-refractivity contribution in [1.82, 2.24) is 25.5 Å². The van der Waals surface area contributed by atoms with E-state index in [1.807, 2.05) is 12.3 Å². The molecule has 46 heavy (non-hydrogen) atoms. The van der Waals surface area contributed by atoms with Gasteiger partial charge in [0, 0.05) is 59.9 Å². The number of anilines is 1. The van der Waals surface area contributed by atoms with Gasteiger partial charge in [-0.25, -0.2) is 0 Å². The number of rotatable bonds is 8. The molecule has 3 fully saturated rings. The standard InChI is InChI=1S/C37H40N6O3/c1-5-25-15-29-34(40-37(46-28-10-12-44-13-11-28)41-36(29)43-19-26-16-27(43)17-38-26)35(45-20-24-8-6-21(2)7-9-24)33(25)32-23(4)22(3)14-31-30(32)18-39-42-31/h5-9,14-15,18,26-28,38H,1,10-13,16-17,19-20H2,2-4H3,(H,39,42)/t26-,27-/m0/s1. The molecule has 0 spiro atoms. The summed E-state index contributed by atoms with van der Waals surface area (Å²) in [6.45, 7) is 14.3. The molecule has 2 aromatic heterocycles. The summed E-state index contributed by atoms with van der Waals surface area (Å²) >= 11 is 0. The molecule has 9 nitrogen and oxygen atoms in total. The van der Waals surface area contributed by atoms with Gasteiger partial charge in [0.05, 0.1) is 24.9 Å². The zero-order valence-electron chi connectivity index (χ0n) is 26.7. The van der Waals surface area contributed by atoms with E-state index in [2.05, 4.69) is 84.2 Å². The first-order chi connectivity index (χ1) is 22.5. The summed E-state index contributed by atoms with van der Waals surface area (Å²) < 4.78 is 19.1. The van der Waals surface area contributed by atoms with Gasteiger partial charge in [0.1, 0.15) is 24.0 Å². The number of piperazine rings is 1. The Hall–Kier alpha value is -4.47. The molecule has 5 heterocycles. The van der Waals surface area contributed by atoms with Gasteiger partial charge in [-0.15, -0.1) is 0 Å². The maximum absolute atomic E-state index is 6.94. The zero-order chi connectivity index (χ0) is 31.4. The van der Waals surface area contributed by atoms with Crippen LogP contribution < -0.4 is 19.7 Å². The van der Waals surface area contributed by atoms with Crippen LogP contribution in [0.2, 0.25) is 0 Å². The van der Waals surface area contributed by atoms with Crippen molar-refractivity contribution in [3.63, 3.8) is 0 Å². The second-order valence-corrected chi connectivity index (χ2v) is 13.0. The van der Waals surface area contributed by atoms with Crippen molar-refractivity contribution < 1.29 is 14.2 Å². The number of nitrogens with zero attached hydrogens (tertiary/aromatic N) is 4. The van der Waals surface area contributed by atoms with E-state index in [0.29, 0.717) is 43.7 Å². The molecule has 0 unspecified atom stereocenters. The highest BCUT2D eigenvalue weighted by molar-refractivity contribution is 6.07. The molecule has 3 saturated heterocycles. The van der Waals surface area contributed by atoms with E-state index in [1.54, 1.807) is 0 Å². The van der Waals surface area contributed by atoms with Crippen LogP contribution in [0, 0.1) is 20.8 Å². The molecule has 3 aliphatic rings. The highest BCUT2D eigenvalue weighted by Crippen LogP contribution is 2.47. The van der Waals surface area contributed by atoms with E-state index in [0.717, 1.165) is 87.8 Å². The molecule has 9 heteroatoms. The fourth-order valence-electron chi connectivity index (χ4n) is 7.31. The number of hydrogen-bond donors (Lipinski definition) is 2. The smallest absolute Gasteiger partial charge is 0.319 e. The van der Waals surface area contributed by atoms with E-state index in [1.165, 1.54) is 11.1 Å². The summed E-state index contributed by atoms with van der Waals surface area (Å²) in [5.74, 6) is 1.59. The van der Waals surface area contributed by atoms with E-state index in [9.17, 15) is 0 Å². The topological polar surface area (TPSA) is 97.4 Å². The maximum Gasteiger partial charge on any atom is 0.319 e. The van der Waals surface area contributed by atoms with Gasteiger partial charge >= 0.3 is 6.01 Å². The molecule has 0 saturated carbocycles. The third-order valence-corrected chi connectivity index (χ3v) is 9.94. The van der Waals surface area contributed by atoms with Crippen LogP contribution in [0.4, 0.5) is 5.82 Å². The van der Waals surface area contributed by atoms with Crippen LogP contribution in [0.15, 0.2) is 49.2 Å². The summed E-state index contributed by atoms with van der Waals surface area (Å²) in [4.78, 5) is 12.7. The Kier molecular flexibility index (Phi) is 7.38. The molecular weight excluding hydrogens is 576 g/mol. The number of H-pyrrole nitrogens is 1. The number of ether oxygens (including phenoxy) is 3. The highest BCUT2D eigenvalue weighted by Gasteiger charge is 2.40. The van der Waals surface area contributed by atoms with Gasteiger partial charge in [-0.2, -0.15) is 15.1 Å². The largest absolute Gasteiger partial charge is 0.486 e. The monoisotopic (exact) mass is 616 g/mol. The van der Waals surface area contributed by atoms with E-state index >= 15 is 0 Å². The van der Waals surface area contributed by atoms with Crippen molar-refractivity contribution in [2.45, 2.75) is 64.8 Å². The Morgan fingerprint density at radius 1 is 1.04 bits per heavy atom. The Bertz CT molecular complexity index is 1950. The van der Waals surface area contributed by atoms with Gasteiger partial charge in [-0.3, -0.25) is 5.10 Å². The van der Waals surface area contributed by atoms with Crippen LogP contribution >= 0.6 is 0 Å². The molecule has 8 rings (SSSR count). The van der Waals surface area contributed by atoms with Crippen LogP contribution in [-0.2, 0) is 11.3 Å². The van der Waals surface area contributed by atoms with Gasteiger partial charge in [0.2, 0.25) is 0 Å². The predicted octanol–water partition coefficient (Wildman–Crippen LogP) is 6.43. The zero-order valence-corrected chi connectivity index (χ0v) is 26.7. The summed E-state index contributed by atoms with van der Waals surface area (Å²) in [5, 5.41) is 13.2. The van der Waals surface area contributed by atoms with Gasteiger partial charge in [-0.05, 0) is 61.6 Å². The number of fused-ring (bicyclic) bond motifs is 4. The van der Waals surface area contributed by atoms with Gasteiger partial charge < -0.3 is 24.4 Å². The van der Waals surface area contributed by atoms with Crippen molar-refractivity contribution in [2.24, 2.45) is 0 Å². The van der Waals surface area contributed by atoms with Crippen molar-refractivity contribution >= 4 is 33.7 Å². The second kappa shape index (κ2) is 11.7. The van der Waals surface area contributed by atoms with Crippen LogP contribution in [0.1, 0.15) is 47.1 Å². The van der Waals surface area contributed by atoms with Crippen LogP contribution in [-0.4, -0.2) is 64.7 Å². The molecule has 0 radical (unpaired) electrons. The molecule has 5 aromatic rings. The minimum Gasteiger partial charge on any atom is -0.486 e. The first kappa shape index (κ1) is 29.0. The fraction of sp³-hybridized carbons (Fsp3) is 0.378. The van der Waals surface area contributed by atoms with E-state index in [4.69, 9.17) is 24.2 Å². The molecule has 2 N–H and O–H groups in total. The van der Waals surface area contributed by atoms with E-state index < -0.39 is 0 Å². The molecule has 3 aliphatic heterocycles. The van der Waals surface area contributed by atoms with Crippen LogP contribution in [0.5, 0.6) is 11.8 Å². The average Bonchev–Trinajstić information content (AvgIpc) is 3.83. The third kappa shape index (κ3) is 5.08. The van der Waals surface area contributed by atoms with Crippen LogP contribution in [0.25, 0.3) is 39.0 Å². The number of benzene rings is 3. The first-order valence-corrected chi connectivity index (χ1v) is 16.3. The van der Waals surface area contributed by atoms with Gasteiger partial charge in [0.15, 0.2) is 5.75 Å². The lowest BCUT2D eigenvalue weighted by molar-refractivity contribution is 0.0219. The number of aromatic nitrogens is 4. The fourth-order valence-corrected chi connectivity index (χ4v) is 7.31. The molecule has 2 bridgehead atoms. The molecule has 2 atom stereocenters. The molecular formula is C37H40N6O3. The summed E-state index contributed by atoms with van der Waals surface area (Å²) in [6, 6.07) is 14.0. The lowest BCUT2D eigenvalue weighted by Crippen LogP contribution is -2.44. The summed E-state index contributed by atoms with van der Waals surface area (Å²) in [7, 11) is 0. The van der Waals surface area contributed by atoms with E-state index in [-0.39, 0.29) is 6.10 Å². The third-order valence-electron chi connectivity index (χ3n) is 9.94. The van der Waals surface area contributed by atoms with Crippen molar-refractivity contribution in [1.29, 1.82) is 0 Å². The Morgan fingerprint density at radius 3 is 2.61 bits per heavy atom. The number of hydrogen-bond acceptors (Lipinski definition) is 8. The van der Waals surface area contributed by atoms with Crippen molar-refractivity contribution in [3.05, 3.63) is 77.0 Å². The number of nitrogens with one attached hydrogen (secondary N) is 2. The normalized spacial score (nSPS) is 19.8. The maximum atomic E-state index is 6.94. The Labute approximate surface area is 269 Å². The molecule has 3 aromatic carbocycles. The van der Waals surface area contributed by atoms with Gasteiger partial charge in [-0.1, -0.05) is 42.5 Å². The highest BCUT2D eigenvalue weighted by atomic mass is 16.5. The Balaban J connectivity index is 1.39. The minimum absolute atomic E-state index is 0.00386. The summed E-state index contributed by atoms with van der Waals surface area (Å²) in [6.07, 6.45) is 6.56. The minimum atomic E-state index is 0.00386. The molecule has 0 amide bonds. The predicted molar refractivity (Wildman–Crippen MR) is 182 cm³/mol. The lowest BCUT2D eigenvalue weighted by atomic mass is 9.89. The lowest BCUT2D eigenvalue weighted by Gasteiger charge is -2.31. The van der Waals surface area contributed by atoms with Gasteiger partial charge in [0.25, 0.3) is 0 Å². The first-order valence-electron chi connectivity index (χ1n) is 16.3. The quantitative estimate of drug-likeness (QED) is 0.206. The Morgan fingerprint density at radius 2 is 1.87 bits per heavy atom. The second-order valence-electron chi connectivity index (χ2n) is 13.0. The molecule has 236 valence electrons. The van der Waals surface area contributed by atoms with Crippen molar-refractivity contribution in [3.8, 4) is 22.9 Å². The molecule has 0 aliphatic carbocycles. The summed E-state index contributed by atoms with van der Waals surface area (Å²) in [5.41, 5.74) is 9.32.